The summed E-state index contributed by atoms with van der Waals surface area (Å²) in [4.78, 5) is 12.1. The number of nitrogens with one attached hydrogen (secondary N) is 2. The van der Waals surface area contributed by atoms with Crippen molar-refractivity contribution < 1.29 is 14.3 Å². The highest BCUT2D eigenvalue weighted by Gasteiger charge is 2.21. The molecule has 0 atom stereocenters. The minimum atomic E-state index is 0. The fourth-order valence-electron chi connectivity index (χ4n) is 2.50. The van der Waals surface area contributed by atoms with Crippen molar-refractivity contribution in [2.75, 3.05) is 27.3 Å². The van der Waals surface area contributed by atoms with Crippen LogP contribution in [0.25, 0.3) is 0 Å². The zero-order chi connectivity index (χ0) is 14.4. The van der Waals surface area contributed by atoms with Crippen LogP contribution in [0.1, 0.15) is 18.4 Å². The van der Waals surface area contributed by atoms with Crippen LogP contribution in [0.15, 0.2) is 18.2 Å². The highest BCUT2D eigenvalue weighted by molar-refractivity contribution is 5.85. The van der Waals surface area contributed by atoms with E-state index in [0.717, 1.165) is 31.5 Å². The number of para-hydroxylation sites is 1. The molecule has 1 saturated heterocycles. The standard InChI is InChI=1S/C15H22N2O3.ClH/c1-19-13-5-3-4-12(14(13)20-2)10-17-15(18)11-6-8-16-9-7-11;/h3-5,11,16H,6-10H2,1-2H3,(H,17,18);1H. The molecule has 0 spiro atoms. The van der Waals surface area contributed by atoms with Gasteiger partial charge in [-0.25, -0.2) is 0 Å². The maximum atomic E-state index is 12.1. The van der Waals surface area contributed by atoms with Gasteiger partial charge in [0.15, 0.2) is 11.5 Å². The zero-order valence-electron chi connectivity index (χ0n) is 12.5. The van der Waals surface area contributed by atoms with Crippen molar-refractivity contribution in [3.05, 3.63) is 23.8 Å². The highest BCUT2D eigenvalue weighted by atomic mass is 35.5. The second kappa shape index (κ2) is 8.74. The van der Waals surface area contributed by atoms with Crippen LogP contribution >= 0.6 is 12.4 Å². The quantitative estimate of drug-likeness (QED) is 0.869. The molecule has 0 aromatic heterocycles. The predicted octanol–water partition coefficient (Wildman–Crippen LogP) is 1.74. The molecule has 1 fully saturated rings. The van der Waals surface area contributed by atoms with Crippen molar-refractivity contribution >= 4 is 18.3 Å². The Hall–Kier alpha value is -1.46. The van der Waals surface area contributed by atoms with E-state index in [1.54, 1.807) is 14.2 Å². The van der Waals surface area contributed by atoms with Gasteiger partial charge in [0.2, 0.25) is 5.91 Å². The van der Waals surface area contributed by atoms with Crippen molar-refractivity contribution in [1.29, 1.82) is 0 Å². The van der Waals surface area contributed by atoms with E-state index < -0.39 is 0 Å². The first kappa shape index (κ1) is 17.6. The summed E-state index contributed by atoms with van der Waals surface area (Å²) in [6, 6.07) is 5.67. The molecule has 2 rings (SSSR count). The molecule has 0 saturated carbocycles. The Morgan fingerprint density at radius 3 is 2.62 bits per heavy atom. The first-order valence-corrected chi connectivity index (χ1v) is 6.94. The minimum Gasteiger partial charge on any atom is -0.493 e. The Kier molecular flexibility index (Phi) is 7.32. The van der Waals surface area contributed by atoms with Crippen LogP contribution in [0.2, 0.25) is 0 Å². The van der Waals surface area contributed by atoms with E-state index in [2.05, 4.69) is 10.6 Å². The number of hydrogen-bond acceptors (Lipinski definition) is 4. The summed E-state index contributed by atoms with van der Waals surface area (Å²) in [6.07, 6.45) is 1.81. The number of hydrogen-bond donors (Lipinski definition) is 2. The average Bonchev–Trinajstić information content (AvgIpc) is 2.52. The van der Waals surface area contributed by atoms with Crippen molar-refractivity contribution in [2.45, 2.75) is 19.4 Å². The molecule has 21 heavy (non-hydrogen) atoms. The van der Waals surface area contributed by atoms with E-state index in [1.165, 1.54) is 0 Å². The number of methoxy groups -OCH3 is 2. The van der Waals surface area contributed by atoms with Crippen molar-refractivity contribution in [2.24, 2.45) is 5.92 Å². The smallest absolute Gasteiger partial charge is 0.223 e. The molecule has 6 heteroatoms. The number of carbonyl (C=O) groups is 1. The third-order valence-corrected chi connectivity index (χ3v) is 3.65. The number of rotatable bonds is 5. The molecular weight excluding hydrogens is 292 g/mol. The molecule has 118 valence electrons. The monoisotopic (exact) mass is 314 g/mol. The molecule has 0 radical (unpaired) electrons. The molecule has 1 aromatic rings. The topological polar surface area (TPSA) is 59.6 Å². The fraction of sp³-hybridized carbons (Fsp3) is 0.533. The van der Waals surface area contributed by atoms with E-state index in [-0.39, 0.29) is 24.2 Å². The van der Waals surface area contributed by atoms with Crippen LogP contribution in [0, 0.1) is 5.92 Å². The molecule has 1 heterocycles. The number of ether oxygens (including phenoxy) is 2. The van der Waals surface area contributed by atoms with Gasteiger partial charge >= 0.3 is 0 Å². The highest BCUT2D eigenvalue weighted by Crippen LogP contribution is 2.30. The molecule has 0 aliphatic carbocycles. The lowest BCUT2D eigenvalue weighted by atomic mass is 9.97. The maximum Gasteiger partial charge on any atom is 0.223 e. The van der Waals surface area contributed by atoms with E-state index >= 15 is 0 Å². The van der Waals surface area contributed by atoms with Crippen LogP contribution in [-0.4, -0.2) is 33.2 Å². The molecule has 1 aliphatic heterocycles. The molecule has 0 bridgehead atoms. The van der Waals surface area contributed by atoms with Crippen LogP contribution in [0.3, 0.4) is 0 Å². The third-order valence-electron chi connectivity index (χ3n) is 3.65. The largest absolute Gasteiger partial charge is 0.493 e. The summed E-state index contributed by atoms with van der Waals surface area (Å²) < 4.78 is 10.6. The van der Waals surface area contributed by atoms with Gasteiger partial charge in [0.05, 0.1) is 14.2 Å². The molecule has 1 aromatic carbocycles. The van der Waals surface area contributed by atoms with Crippen LogP contribution in [0.4, 0.5) is 0 Å². The van der Waals surface area contributed by atoms with E-state index in [9.17, 15) is 4.79 Å². The lowest BCUT2D eigenvalue weighted by Gasteiger charge is -2.22. The lowest BCUT2D eigenvalue weighted by Crippen LogP contribution is -2.37. The number of halogens is 1. The average molecular weight is 315 g/mol. The molecule has 0 unspecified atom stereocenters. The Balaban J connectivity index is 0.00000220. The predicted molar refractivity (Wildman–Crippen MR) is 84.2 cm³/mol. The van der Waals surface area contributed by atoms with Crippen molar-refractivity contribution in [3.8, 4) is 11.5 Å². The molecule has 1 amide bonds. The van der Waals surface area contributed by atoms with Gasteiger partial charge in [0, 0.05) is 18.0 Å². The van der Waals surface area contributed by atoms with Crippen LogP contribution in [0.5, 0.6) is 11.5 Å². The zero-order valence-corrected chi connectivity index (χ0v) is 13.3. The van der Waals surface area contributed by atoms with Gasteiger partial charge in [-0.1, -0.05) is 12.1 Å². The van der Waals surface area contributed by atoms with Crippen molar-refractivity contribution in [1.82, 2.24) is 10.6 Å². The van der Waals surface area contributed by atoms with Crippen molar-refractivity contribution in [3.63, 3.8) is 0 Å². The molecule has 1 aliphatic rings. The van der Waals surface area contributed by atoms with Gasteiger partial charge in [-0.15, -0.1) is 12.4 Å². The Labute approximate surface area is 131 Å². The first-order valence-electron chi connectivity index (χ1n) is 6.94. The molecular formula is C15H23ClN2O3. The van der Waals surface area contributed by atoms with Gasteiger partial charge in [-0.3, -0.25) is 4.79 Å². The normalized spacial score (nSPS) is 15.0. The summed E-state index contributed by atoms with van der Waals surface area (Å²) in [5, 5.41) is 6.25. The summed E-state index contributed by atoms with van der Waals surface area (Å²) in [7, 11) is 3.21. The second-order valence-corrected chi connectivity index (χ2v) is 4.89. The van der Waals surface area contributed by atoms with E-state index in [4.69, 9.17) is 9.47 Å². The summed E-state index contributed by atoms with van der Waals surface area (Å²) in [6.45, 7) is 2.30. The van der Waals surface area contributed by atoms with E-state index in [1.807, 2.05) is 18.2 Å². The Bertz CT molecular complexity index is 462. The number of carbonyl (C=O) groups excluding carboxylic acids is 1. The van der Waals surface area contributed by atoms with Gasteiger partial charge in [0.25, 0.3) is 0 Å². The summed E-state index contributed by atoms with van der Waals surface area (Å²) >= 11 is 0. The Morgan fingerprint density at radius 1 is 1.29 bits per heavy atom. The van der Waals surface area contributed by atoms with E-state index in [0.29, 0.717) is 18.0 Å². The summed E-state index contributed by atoms with van der Waals surface area (Å²) in [5.74, 6) is 1.60. The fourth-order valence-corrected chi connectivity index (χ4v) is 2.50. The first-order chi connectivity index (χ1) is 9.76. The number of amides is 1. The number of benzene rings is 1. The SMILES string of the molecule is COc1cccc(CNC(=O)C2CCNCC2)c1OC.Cl. The third kappa shape index (κ3) is 4.51. The minimum absolute atomic E-state index is 0. The molecule has 2 N–H and O–H groups in total. The van der Waals surface area contributed by atoms with Gasteiger partial charge in [0.1, 0.15) is 0 Å². The summed E-state index contributed by atoms with van der Waals surface area (Å²) in [5.41, 5.74) is 0.925. The molecule has 5 nitrogen and oxygen atoms in total. The lowest BCUT2D eigenvalue weighted by molar-refractivity contribution is -0.125. The van der Waals surface area contributed by atoms with Gasteiger partial charge in [-0.2, -0.15) is 0 Å². The van der Waals surface area contributed by atoms with Gasteiger partial charge in [-0.05, 0) is 32.0 Å². The number of piperidine rings is 1. The Morgan fingerprint density at radius 2 is 2.00 bits per heavy atom. The van der Waals surface area contributed by atoms with Crippen LogP contribution in [-0.2, 0) is 11.3 Å². The maximum absolute atomic E-state index is 12.1. The second-order valence-electron chi connectivity index (χ2n) is 4.89. The van der Waals surface area contributed by atoms with Crippen LogP contribution < -0.4 is 20.1 Å². The van der Waals surface area contributed by atoms with Gasteiger partial charge < -0.3 is 20.1 Å².